The Kier molecular flexibility index (Phi) is 12.8. The molecule has 0 spiro atoms. The average Bonchev–Trinajstić information content (AvgIpc) is 2.46. The lowest BCUT2D eigenvalue weighted by atomic mass is 10.1. The minimum absolute atomic E-state index is 0.311. The van der Waals surface area contributed by atoms with Crippen LogP contribution in [0.3, 0.4) is 0 Å². The topological polar surface area (TPSA) is 80.3 Å². The van der Waals surface area contributed by atoms with Gasteiger partial charge >= 0.3 is 20.7 Å². The molecule has 2 unspecified atom stereocenters. The Morgan fingerprint density at radius 2 is 1.36 bits per heavy atom. The maximum atomic E-state index is 11.3. The largest absolute Gasteiger partial charge is 0.500 e. The molecule has 0 aliphatic carbocycles. The van der Waals surface area contributed by atoms with Crippen LogP contribution in [0.4, 0.5) is 0 Å². The highest BCUT2D eigenvalue weighted by Gasteiger charge is 2.40. The van der Waals surface area contributed by atoms with E-state index in [4.69, 9.17) is 22.8 Å². The molecule has 0 amide bonds. The number of carbonyl (C=O) groups is 2. The first-order valence-electron chi connectivity index (χ1n) is 9.04. The summed E-state index contributed by atoms with van der Waals surface area (Å²) in [5.41, 5.74) is 0. The van der Waals surface area contributed by atoms with E-state index in [0.29, 0.717) is 38.7 Å². The summed E-state index contributed by atoms with van der Waals surface area (Å²) in [6.07, 6.45) is 1.20. The number of hydrogen-bond acceptors (Lipinski definition) is 7. The van der Waals surface area contributed by atoms with Crippen LogP contribution in [0.15, 0.2) is 0 Å². The molecule has 0 bridgehead atoms. The molecule has 148 valence electrons. The minimum atomic E-state index is -2.69. The van der Waals surface area contributed by atoms with Crippen LogP contribution in [0.1, 0.15) is 60.8 Å². The van der Waals surface area contributed by atoms with Gasteiger partial charge in [-0.3, -0.25) is 9.59 Å². The van der Waals surface area contributed by atoms with Gasteiger partial charge in [0.05, 0.1) is 0 Å². The van der Waals surface area contributed by atoms with Crippen molar-refractivity contribution in [1.29, 1.82) is 0 Å². The second kappa shape index (κ2) is 13.3. The van der Waals surface area contributed by atoms with Gasteiger partial charge in [-0.25, -0.2) is 0 Å². The fourth-order valence-corrected chi connectivity index (χ4v) is 5.35. The molecule has 0 aromatic heterocycles. The lowest BCUT2D eigenvalue weighted by Crippen LogP contribution is -2.46. The van der Waals surface area contributed by atoms with Gasteiger partial charge in [0.25, 0.3) is 0 Å². The molecule has 0 radical (unpaired) electrons. The molecule has 0 aromatic rings. The quantitative estimate of drug-likeness (QED) is 0.339. The normalized spacial score (nSPS) is 14.0. The first kappa shape index (κ1) is 24.0. The van der Waals surface area contributed by atoms with Gasteiger partial charge in [0.2, 0.25) is 0 Å². The van der Waals surface area contributed by atoms with Crippen molar-refractivity contribution in [3.05, 3.63) is 0 Å². The number of hydrogen-bond donors (Lipinski definition) is 0. The zero-order valence-corrected chi connectivity index (χ0v) is 17.5. The molecule has 0 saturated heterocycles. The van der Waals surface area contributed by atoms with Crippen LogP contribution in [-0.2, 0) is 32.3 Å². The Balaban J connectivity index is 4.71. The van der Waals surface area contributed by atoms with Crippen molar-refractivity contribution >= 4 is 20.7 Å². The van der Waals surface area contributed by atoms with Crippen molar-refractivity contribution in [1.82, 2.24) is 0 Å². The summed E-state index contributed by atoms with van der Waals surface area (Å²) in [5.74, 6) is -0.688. The fourth-order valence-electron chi connectivity index (χ4n) is 2.71. The molecule has 0 N–H and O–H groups in total. The Bertz CT molecular complexity index is 372. The number of esters is 2. The van der Waals surface area contributed by atoms with Gasteiger partial charge in [-0.15, -0.1) is 0 Å². The molecule has 7 nitrogen and oxygen atoms in total. The Morgan fingerprint density at radius 1 is 0.880 bits per heavy atom. The predicted octanol–water partition coefficient (Wildman–Crippen LogP) is 3.09. The number of rotatable bonds is 14. The maximum absolute atomic E-state index is 11.3. The van der Waals surface area contributed by atoms with E-state index >= 15 is 0 Å². The van der Waals surface area contributed by atoms with Crippen molar-refractivity contribution < 1.29 is 32.3 Å². The van der Waals surface area contributed by atoms with E-state index in [-0.39, 0.29) is 24.1 Å². The van der Waals surface area contributed by atoms with Crippen LogP contribution in [0.5, 0.6) is 0 Å². The summed E-state index contributed by atoms with van der Waals surface area (Å²) in [6.45, 7) is 11.9. The third kappa shape index (κ3) is 11.3. The summed E-state index contributed by atoms with van der Waals surface area (Å²) < 4.78 is 28.0. The molecular formula is C17H34O7Si. The van der Waals surface area contributed by atoms with E-state index in [1.54, 1.807) is 6.92 Å². The highest BCUT2D eigenvalue weighted by atomic mass is 28.4. The van der Waals surface area contributed by atoms with E-state index in [2.05, 4.69) is 0 Å². The molecule has 25 heavy (non-hydrogen) atoms. The minimum Gasteiger partial charge on any atom is -0.463 e. The van der Waals surface area contributed by atoms with Crippen molar-refractivity contribution in [3.8, 4) is 0 Å². The lowest BCUT2D eigenvalue weighted by molar-refractivity contribution is -0.152. The van der Waals surface area contributed by atoms with Gasteiger partial charge in [-0.2, -0.15) is 0 Å². The summed E-state index contributed by atoms with van der Waals surface area (Å²) in [5, 5.41) is 0. The smallest absolute Gasteiger partial charge is 0.463 e. The van der Waals surface area contributed by atoms with Crippen LogP contribution in [0, 0.1) is 0 Å². The fraction of sp³-hybridized carbons (Fsp3) is 0.882. The Labute approximate surface area is 152 Å². The summed E-state index contributed by atoms with van der Waals surface area (Å²) in [7, 11) is -2.69. The van der Waals surface area contributed by atoms with Crippen LogP contribution in [0.2, 0.25) is 6.04 Å². The summed E-state index contributed by atoms with van der Waals surface area (Å²) in [4.78, 5) is 22.4. The summed E-state index contributed by atoms with van der Waals surface area (Å²) >= 11 is 0. The van der Waals surface area contributed by atoms with Gasteiger partial charge < -0.3 is 22.8 Å². The second-order valence-corrected chi connectivity index (χ2v) is 8.49. The molecule has 0 aliphatic rings. The number of ether oxygens (including phenoxy) is 2. The Hall–Kier alpha value is -0.963. The molecule has 0 saturated carbocycles. The second-order valence-electron chi connectivity index (χ2n) is 5.76. The highest BCUT2D eigenvalue weighted by molar-refractivity contribution is 6.60. The van der Waals surface area contributed by atoms with Gasteiger partial charge in [0.15, 0.2) is 0 Å². The first-order valence-corrected chi connectivity index (χ1v) is 11.0. The van der Waals surface area contributed by atoms with Gasteiger partial charge in [0.1, 0.15) is 12.2 Å². The molecule has 0 heterocycles. The van der Waals surface area contributed by atoms with E-state index in [0.717, 1.165) is 6.42 Å². The number of carbonyl (C=O) groups excluding carboxylic acids is 2. The van der Waals surface area contributed by atoms with Crippen molar-refractivity contribution in [2.75, 3.05) is 19.8 Å². The average molecular weight is 379 g/mol. The van der Waals surface area contributed by atoms with Crippen LogP contribution < -0.4 is 0 Å². The van der Waals surface area contributed by atoms with Crippen molar-refractivity contribution in [3.63, 3.8) is 0 Å². The zero-order chi connectivity index (χ0) is 19.3. The molecule has 0 fully saturated rings. The molecule has 0 aliphatic heterocycles. The third-order valence-electron chi connectivity index (χ3n) is 3.40. The molecular weight excluding hydrogens is 344 g/mol. The summed E-state index contributed by atoms with van der Waals surface area (Å²) in [6, 6.07) is 0.655. The van der Waals surface area contributed by atoms with E-state index < -0.39 is 8.80 Å². The van der Waals surface area contributed by atoms with Crippen LogP contribution in [-0.4, -0.2) is 52.8 Å². The molecule has 8 heteroatoms. The molecule has 0 aromatic carbocycles. The van der Waals surface area contributed by atoms with Crippen LogP contribution in [0.25, 0.3) is 0 Å². The highest BCUT2D eigenvalue weighted by Crippen LogP contribution is 2.22. The van der Waals surface area contributed by atoms with Crippen molar-refractivity contribution in [2.45, 2.75) is 79.1 Å². The van der Waals surface area contributed by atoms with E-state index in [9.17, 15) is 9.59 Å². The Morgan fingerprint density at radius 3 is 1.76 bits per heavy atom. The monoisotopic (exact) mass is 378 g/mol. The van der Waals surface area contributed by atoms with E-state index in [1.165, 1.54) is 13.8 Å². The zero-order valence-electron chi connectivity index (χ0n) is 16.5. The van der Waals surface area contributed by atoms with Gasteiger partial charge in [0, 0.05) is 46.1 Å². The standard InChI is InChI=1S/C17H34O7Si/c1-7-20-25(21-8-2,22-9-3)12-10-11-17(24-16(6)19)13-14(4)23-15(5)18/h14,17H,7-13H2,1-6H3. The maximum Gasteiger partial charge on any atom is 0.500 e. The van der Waals surface area contributed by atoms with Crippen LogP contribution >= 0.6 is 0 Å². The van der Waals surface area contributed by atoms with Gasteiger partial charge in [-0.05, 0) is 40.5 Å². The van der Waals surface area contributed by atoms with Gasteiger partial charge in [-0.1, -0.05) is 0 Å². The lowest BCUT2D eigenvalue weighted by Gasteiger charge is -2.29. The van der Waals surface area contributed by atoms with Crippen molar-refractivity contribution in [2.24, 2.45) is 0 Å². The molecule has 2 atom stereocenters. The SMILES string of the molecule is CCO[Si](CCCC(CC(C)OC(C)=O)OC(C)=O)(OCC)OCC. The molecule has 0 rings (SSSR count). The predicted molar refractivity (Wildman–Crippen MR) is 96.1 cm³/mol. The first-order chi connectivity index (χ1) is 11.8. The third-order valence-corrected chi connectivity index (χ3v) is 6.55. The van der Waals surface area contributed by atoms with E-state index in [1.807, 2.05) is 20.8 Å².